The molecule has 0 aromatic heterocycles. The Morgan fingerprint density at radius 2 is 2.11 bits per heavy atom. The van der Waals surface area contributed by atoms with Crippen molar-refractivity contribution < 1.29 is 12.8 Å². The van der Waals surface area contributed by atoms with Crippen LogP contribution in [0.5, 0.6) is 0 Å². The number of rotatable bonds is 7. The van der Waals surface area contributed by atoms with Crippen LogP contribution in [0.1, 0.15) is 12.5 Å². The number of hydrogen-bond acceptors (Lipinski definition) is 4. The number of sulfonamides is 1. The Morgan fingerprint density at radius 1 is 1.42 bits per heavy atom. The molecule has 0 aliphatic heterocycles. The van der Waals surface area contributed by atoms with Crippen molar-refractivity contribution in [3.05, 3.63) is 29.6 Å². The summed E-state index contributed by atoms with van der Waals surface area (Å²) in [5.41, 5.74) is 5.55. The minimum atomic E-state index is -3.61. The lowest BCUT2D eigenvalue weighted by atomic mass is 10.2. The molecule has 0 unspecified atom stereocenters. The van der Waals surface area contributed by atoms with Crippen LogP contribution in [0.4, 0.5) is 4.39 Å². The second kappa shape index (κ2) is 6.95. The highest BCUT2D eigenvalue weighted by Gasteiger charge is 2.15. The van der Waals surface area contributed by atoms with E-state index in [2.05, 4.69) is 4.72 Å². The zero-order chi connectivity index (χ0) is 14.5. The van der Waals surface area contributed by atoms with Gasteiger partial charge in [0, 0.05) is 25.2 Å². The molecule has 0 amide bonds. The van der Waals surface area contributed by atoms with Crippen LogP contribution in [0.3, 0.4) is 0 Å². The largest absolute Gasteiger partial charge is 0.326 e. The zero-order valence-corrected chi connectivity index (χ0v) is 12.0. The second-order valence-electron chi connectivity index (χ2n) is 4.25. The average molecular weight is 289 g/mol. The Kier molecular flexibility index (Phi) is 5.86. The molecule has 0 saturated carbocycles. The number of hydrogen-bond donors (Lipinski definition) is 2. The van der Waals surface area contributed by atoms with Crippen LogP contribution in [0, 0.1) is 5.82 Å². The lowest BCUT2D eigenvalue weighted by Crippen LogP contribution is -2.33. The standard InChI is InChI=1S/C12H20FN3O2S/c1-3-16(2)7-6-15-19(17,18)11-4-5-12(13)10(8-11)9-14/h4-5,8,15H,3,6-7,9,14H2,1-2H3. The van der Waals surface area contributed by atoms with E-state index in [-0.39, 0.29) is 17.0 Å². The minimum absolute atomic E-state index is 0.0340. The van der Waals surface area contributed by atoms with E-state index in [0.29, 0.717) is 13.1 Å². The van der Waals surface area contributed by atoms with Crippen LogP contribution in [0.25, 0.3) is 0 Å². The topological polar surface area (TPSA) is 75.4 Å². The summed E-state index contributed by atoms with van der Waals surface area (Å²) >= 11 is 0. The van der Waals surface area contributed by atoms with Crippen LogP contribution in [0.15, 0.2) is 23.1 Å². The summed E-state index contributed by atoms with van der Waals surface area (Å²) in [6.07, 6.45) is 0. The molecule has 0 heterocycles. The summed E-state index contributed by atoms with van der Waals surface area (Å²) in [5, 5.41) is 0. The van der Waals surface area contributed by atoms with Gasteiger partial charge >= 0.3 is 0 Å². The van der Waals surface area contributed by atoms with Gasteiger partial charge in [-0.25, -0.2) is 17.5 Å². The molecule has 7 heteroatoms. The first-order chi connectivity index (χ1) is 8.90. The average Bonchev–Trinajstić information content (AvgIpc) is 2.38. The molecule has 1 aromatic carbocycles. The number of halogens is 1. The van der Waals surface area contributed by atoms with Crippen LogP contribution in [0.2, 0.25) is 0 Å². The second-order valence-corrected chi connectivity index (χ2v) is 6.02. The van der Waals surface area contributed by atoms with Gasteiger partial charge in [-0.2, -0.15) is 0 Å². The van der Waals surface area contributed by atoms with Crippen LogP contribution < -0.4 is 10.5 Å². The maximum atomic E-state index is 13.3. The van der Waals surface area contributed by atoms with Crippen molar-refractivity contribution >= 4 is 10.0 Å². The molecule has 0 atom stereocenters. The maximum absolute atomic E-state index is 13.3. The number of likely N-dealkylation sites (N-methyl/N-ethyl adjacent to an activating group) is 1. The Bertz CT molecular complexity index is 520. The van der Waals surface area contributed by atoms with E-state index in [1.54, 1.807) is 0 Å². The fourth-order valence-electron chi connectivity index (χ4n) is 1.49. The van der Waals surface area contributed by atoms with Crippen molar-refractivity contribution in [2.45, 2.75) is 18.4 Å². The first kappa shape index (κ1) is 16.0. The highest BCUT2D eigenvalue weighted by molar-refractivity contribution is 7.89. The smallest absolute Gasteiger partial charge is 0.240 e. The Hall–Kier alpha value is -1.02. The van der Waals surface area contributed by atoms with Gasteiger partial charge in [-0.05, 0) is 31.8 Å². The molecule has 5 nitrogen and oxygen atoms in total. The van der Waals surface area contributed by atoms with Gasteiger partial charge in [0.15, 0.2) is 0 Å². The quantitative estimate of drug-likeness (QED) is 0.767. The van der Waals surface area contributed by atoms with E-state index >= 15 is 0 Å². The molecule has 0 aliphatic rings. The van der Waals surface area contributed by atoms with Crippen LogP contribution in [-0.2, 0) is 16.6 Å². The lowest BCUT2D eigenvalue weighted by molar-refractivity contribution is 0.358. The Balaban J connectivity index is 2.77. The summed E-state index contributed by atoms with van der Waals surface area (Å²) in [5.74, 6) is -0.493. The summed E-state index contributed by atoms with van der Waals surface area (Å²) in [4.78, 5) is 2.02. The molecule has 0 fully saturated rings. The van der Waals surface area contributed by atoms with Gasteiger partial charge in [0.1, 0.15) is 5.82 Å². The SMILES string of the molecule is CCN(C)CCNS(=O)(=O)c1ccc(F)c(CN)c1. The van der Waals surface area contributed by atoms with Crippen molar-refractivity contribution in [1.29, 1.82) is 0 Å². The summed E-state index contributed by atoms with van der Waals surface area (Å²) in [6, 6.07) is 3.62. The molecule has 19 heavy (non-hydrogen) atoms. The summed E-state index contributed by atoms with van der Waals surface area (Å²) in [6.45, 7) is 3.72. The molecule has 1 rings (SSSR count). The predicted molar refractivity (Wildman–Crippen MR) is 72.7 cm³/mol. The molecule has 0 radical (unpaired) electrons. The molecule has 1 aromatic rings. The number of nitrogens with two attached hydrogens (primary N) is 1. The molecular weight excluding hydrogens is 269 g/mol. The van der Waals surface area contributed by atoms with E-state index in [1.807, 2.05) is 18.9 Å². The molecule has 0 spiro atoms. The van der Waals surface area contributed by atoms with Crippen molar-refractivity contribution in [3.8, 4) is 0 Å². The highest BCUT2D eigenvalue weighted by atomic mass is 32.2. The molecule has 3 N–H and O–H groups in total. The third kappa shape index (κ3) is 4.54. The van der Waals surface area contributed by atoms with Crippen molar-refractivity contribution in [2.75, 3.05) is 26.7 Å². The molecule has 0 bridgehead atoms. The number of benzene rings is 1. The van der Waals surface area contributed by atoms with Crippen molar-refractivity contribution in [3.63, 3.8) is 0 Å². The van der Waals surface area contributed by atoms with Crippen LogP contribution in [-0.4, -0.2) is 40.0 Å². The predicted octanol–water partition coefficient (Wildman–Crippen LogP) is 0.514. The van der Waals surface area contributed by atoms with E-state index in [0.717, 1.165) is 12.6 Å². The fraction of sp³-hybridized carbons (Fsp3) is 0.500. The zero-order valence-electron chi connectivity index (χ0n) is 11.2. The third-order valence-electron chi connectivity index (χ3n) is 2.87. The Labute approximate surface area is 113 Å². The number of nitrogens with one attached hydrogen (secondary N) is 1. The van der Waals surface area contributed by atoms with Gasteiger partial charge in [-0.15, -0.1) is 0 Å². The van der Waals surface area contributed by atoms with Gasteiger partial charge < -0.3 is 10.6 Å². The lowest BCUT2D eigenvalue weighted by Gasteiger charge is -2.14. The Morgan fingerprint density at radius 3 is 2.68 bits per heavy atom. The normalized spacial score (nSPS) is 12.1. The van der Waals surface area contributed by atoms with Crippen molar-refractivity contribution in [1.82, 2.24) is 9.62 Å². The fourth-order valence-corrected chi connectivity index (χ4v) is 2.56. The summed E-state index contributed by atoms with van der Waals surface area (Å²) < 4.78 is 39.7. The van der Waals surface area contributed by atoms with Gasteiger partial charge in [-0.1, -0.05) is 6.92 Å². The first-order valence-corrected chi connectivity index (χ1v) is 7.55. The van der Waals surface area contributed by atoms with E-state index in [1.165, 1.54) is 12.1 Å². The maximum Gasteiger partial charge on any atom is 0.240 e. The molecule has 0 saturated heterocycles. The molecule has 108 valence electrons. The van der Waals surface area contributed by atoms with E-state index in [9.17, 15) is 12.8 Å². The monoisotopic (exact) mass is 289 g/mol. The first-order valence-electron chi connectivity index (χ1n) is 6.07. The molecular formula is C12H20FN3O2S. The van der Waals surface area contributed by atoms with Crippen molar-refractivity contribution in [2.24, 2.45) is 5.73 Å². The molecule has 0 aliphatic carbocycles. The van der Waals surface area contributed by atoms with Gasteiger partial charge in [-0.3, -0.25) is 0 Å². The highest BCUT2D eigenvalue weighted by Crippen LogP contribution is 2.14. The van der Waals surface area contributed by atoms with Gasteiger partial charge in [0.2, 0.25) is 10.0 Å². The minimum Gasteiger partial charge on any atom is -0.326 e. The van der Waals surface area contributed by atoms with E-state index < -0.39 is 15.8 Å². The van der Waals surface area contributed by atoms with Gasteiger partial charge in [0.05, 0.1) is 4.90 Å². The van der Waals surface area contributed by atoms with E-state index in [4.69, 9.17) is 5.73 Å². The third-order valence-corrected chi connectivity index (χ3v) is 4.33. The summed E-state index contributed by atoms with van der Waals surface area (Å²) in [7, 11) is -1.71. The number of nitrogens with zero attached hydrogens (tertiary/aromatic N) is 1. The van der Waals surface area contributed by atoms with Gasteiger partial charge in [0.25, 0.3) is 0 Å². The van der Waals surface area contributed by atoms with Crippen LogP contribution >= 0.6 is 0 Å².